The van der Waals surface area contributed by atoms with Crippen molar-refractivity contribution >= 4 is 22.5 Å². The van der Waals surface area contributed by atoms with Gasteiger partial charge in [-0.05, 0) is 48.9 Å². The molecule has 2 nitrogen and oxygen atoms in total. The molecule has 3 heteroatoms. The minimum Gasteiger partial charge on any atom is -0.487 e. The summed E-state index contributed by atoms with van der Waals surface area (Å²) in [6, 6.07) is 15.9. The van der Waals surface area contributed by atoms with E-state index in [9.17, 15) is 0 Å². The van der Waals surface area contributed by atoms with Crippen molar-refractivity contribution < 1.29 is 4.74 Å². The highest BCUT2D eigenvalue weighted by Crippen LogP contribution is 2.21. The van der Waals surface area contributed by atoms with Crippen LogP contribution in [0.5, 0.6) is 5.75 Å². The van der Waals surface area contributed by atoms with Gasteiger partial charge in [-0.25, -0.2) is 0 Å². The SMILES string of the molecule is Cc1cccc(OCc2cc3cc(Cl)ccc3[nH]2)c1. The van der Waals surface area contributed by atoms with Crippen LogP contribution >= 0.6 is 11.6 Å². The molecule has 0 unspecified atom stereocenters. The maximum atomic E-state index is 5.97. The number of fused-ring (bicyclic) bond motifs is 1. The molecule has 0 fully saturated rings. The maximum absolute atomic E-state index is 5.97. The number of benzene rings is 2. The highest BCUT2D eigenvalue weighted by atomic mass is 35.5. The summed E-state index contributed by atoms with van der Waals surface area (Å²) in [5.41, 5.74) is 3.31. The number of aromatic nitrogens is 1. The Balaban J connectivity index is 1.78. The van der Waals surface area contributed by atoms with Gasteiger partial charge in [0, 0.05) is 15.9 Å². The molecule has 1 heterocycles. The molecule has 0 spiro atoms. The number of aromatic amines is 1. The molecular formula is C16H14ClNO. The molecule has 0 amide bonds. The summed E-state index contributed by atoms with van der Waals surface area (Å²) < 4.78 is 5.77. The molecule has 19 heavy (non-hydrogen) atoms. The summed E-state index contributed by atoms with van der Waals surface area (Å²) in [5, 5.41) is 1.85. The molecule has 0 aliphatic rings. The molecule has 0 atom stereocenters. The Hall–Kier alpha value is -1.93. The lowest BCUT2D eigenvalue weighted by Gasteiger charge is -2.05. The number of ether oxygens (including phenoxy) is 1. The fourth-order valence-corrected chi connectivity index (χ4v) is 2.29. The van der Waals surface area contributed by atoms with Crippen LogP contribution in [-0.4, -0.2) is 4.98 Å². The first-order valence-corrected chi connectivity index (χ1v) is 6.55. The minimum absolute atomic E-state index is 0.524. The summed E-state index contributed by atoms with van der Waals surface area (Å²) in [6.45, 7) is 2.58. The van der Waals surface area contributed by atoms with Gasteiger partial charge in [0.1, 0.15) is 12.4 Å². The molecule has 1 aromatic heterocycles. The van der Waals surface area contributed by atoms with Gasteiger partial charge in [-0.15, -0.1) is 0 Å². The molecule has 3 aromatic rings. The van der Waals surface area contributed by atoms with Crippen LogP contribution in [0.3, 0.4) is 0 Å². The van der Waals surface area contributed by atoms with Crippen molar-refractivity contribution in [3.05, 3.63) is 64.8 Å². The molecule has 0 saturated carbocycles. The van der Waals surface area contributed by atoms with E-state index in [1.165, 1.54) is 5.56 Å². The Morgan fingerprint density at radius 2 is 2.00 bits per heavy atom. The third-order valence-corrected chi connectivity index (χ3v) is 3.26. The van der Waals surface area contributed by atoms with Crippen molar-refractivity contribution in [3.63, 3.8) is 0 Å². The van der Waals surface area contributed by atoms with E-state index in [1.807, 2.05) is 36.4 Å². The average Bonchev–Trinajstić information content (AvgIpc) is 2.78. The van der Waals surface area contributed by atoms with Gasteiger partial charge in [-0.1, -0.05) is 23.7 Å². The van der Waals surface area contributed by atoms with Crippen molar-refractivity contribution in [1.29, 1.82) is 0 Å². The van der Waals surface area contributed by atoms with E-state index in [-0.39, 0.29) is 0 Å². The van der Waals surface area contributed by atoms with E-state index >= 15 is 0 Å². The zero-order valence-corrected chi connectivity index (χ0v) is 11.4. The van der Waals surface area contributed by atoms with E-state index < -0.39 is 0 Å². The van der Waals surface area contributed by atoms with Crippen molar-refractivity contribution in [2.24, 2.45) is 0 Å². The van der Waals surface area contributed by atoms with Gasteiger partial charge in [-0.2, -0.15) is 0 Å². The average molecular weight is 272 g/mol. The Morgan fingerprint density at radius 1 is 1.11 bits per heavy atom. The number of hydrogen-bond acceptors (Lipinski definition) is 1. The van der Waals surface area contributed by atoms with Crippen LogP contribution in [-0.2, 0) is 6.61 Å². The zero-order chi connectivity index (χ0) is 13.2. The summed E-state index contributed by atoms with van der Waals surface area (Å²) in [4.78, 5) is 3.32. The van der Waals surface area contributed by atoms with Crippen molar-refractivity contribution in [2.75, 3.05) is 0 Å². The molecule has 0 bridgehead atoms. The van der Waals surface area contributed by atoms with E-state index in [4.69, 9.17) is 16.3 Å². The standard InChI is InChI=1S/C16H14ClNO/c1-11-3-2-4-15(7-11)19-10-14-9-12-8-13(17)5-6-16(12)18-14/h2-9,18H,10H2,1H3. The second-order valence-corrected chi connectivity index (χ2v) is 5.07. The first kappa shape index (κ1) is 12.1. The van der Waals surface area contributed by atoms with Crippen LogP contribution in [0.4, 0.5) is 0 Å². The van der Waals surface area contributed by atoms with Crippen LogP contribution in [0, 0.1) is 6.92 Å². The van der Waals surface area contributed by atoms with Crippen LogP contribution in [0.15, 0.2) is 48.5 Å². The van der Waals surface area contributed by atoms with Crippen molar-refractivity contribution in [2.45, 2.75) is 13.5 Å². The van der Waals surface area contributed by atoms with Crippen LogP contribution in [0.25, 0.3) is 10.9 Å². The largest absolute Gasteiger partial charge is 0.487 e. The number of nitrogens with one attached hydrogen (secondary N) is 1. The zero-order valence-electron chi connectivity index (χ0n) is 10.6. The molecule has 0 radical (unpaired) electrons. The molecule has 3 rings (SSSR count). The van der Waals surface area contributed by atoms with Crippen LogP contribution in [0.2, 0.25) is 5.02 Å². The number of rotatable bonds is 3. The summed E-state index contributed by atoms with van der Waals surface area (Å²) in [6.07, 6.45) is 0. The van der Waals surface area contributed by atoms with Gasteiger partial charge >= 0.3 is 0 Å². The summed E-state index contributed by atoms with van der Waals surface area (Å²) >= 11 is 5.97. The lowest BCUT2D eigenvalue weighted by Crippen LogP contribution is -1.95. The van der Waals surface area contributed by atoms with Gasteiger partial charge in [0.15, 0.2) is 0 Å². The molecule has 1 N–H and O–H groups in total. The molecule has 0 aliphatic carbocycles. The molecule has 0 saturated heterocycles. The quantitative estimate of drug-likeness (QED) is 0.733. The Bertz CT molecular complexity index is 718. The van der Waals surface area contributed by atoms with Crippen LogP contribution < -0.4 is 4.74 Å². The topological polar surface area (TPSA) is 25.0 Å². The van der Waals surface area contributed by atoms with E-state index in [1.54, 1.807) is 0 Å². The fourth-order valence-electron chi connectivity index (χ4n) is 2.11. The number of hydrogen-bond donors (Lipinski definition) is 1. The molecule has 0 aliphatic heterocycles. The van der Waals surface area contributed by atoms with E-state index in [2.05, 4.69) is 24.0 Å². The Kier molecular flexibility index (Phi) is 3.18. The molecular weight excluding hydrogens is 258 g/mol. The summed E-state index contributed by atoms with van der Waals surface area (Å²) in [5.74, 6) is 0.886. The smallest absolute Gasteiger partial charge is 0.128 e. The number of H-pyrrole nitrogens is 1. The highest BCUT2D eigenvalue weighted by Gasteiger charge is 2.02. The third-order valence-electron chi connectivity index (χ3n) is 3.02. The Morgan fingerprint density at radius 3 is 2.84 bits per heavy atom. The van der Waals surface area contributed by atoms with E-state index in [0.717, 1.165) is 27.4 Å². The molecule has 2 aromatic carbocycles. The Labute approximate surface area is 117 Å². The highest BCUT2D eigenvalue weighted by molar-refractivity contribution is 6.31. The minimum atomic E-state index is 0.524. The summed E-state index contributed by atoms with van der Waals surface area (Å²) in [7, 11) is 0. The fraction of sp³-hybridized carbons (Fsp3) is 0.125. The second kappa shape index (κ2) is 4.98. The normalized spacial score (nSPS) is 10.8. The van der Waals surface area contributed by atoms with Gasteiger partial charge in [0.2, 0.25) is 0 Å². The first-order chi connectivity index (χ1) is 9.20. The third kappa shape index (κ3) is 2.74. The first-order valence-electron chi connectivity index (χ1n) is 6.17. The van der Waals surface area contributed by atoms with Crippen molar-refractivity contribution in [3.8, 4) is 5.75 Å². The van der Waals surface area contributed by atoms with Crippen molar-refractivity contribution in [1.82, 2.24) is 4.98 Å². The van der Waals surface area contributed by atoms with Crippen LogP contribution in [0.1, 0.15) is 11.3 Å². The van der Waals surface area contributed by atoms with Gasteiger partial charge in [-0.3, -0.25) is 0 Å². The predicted molar refractivity (Wildman–Crippen MR) is 78.8 cm³/mol. The van der Waals surface area contributed by atoms with E-state index in [0.29, 0.717) is 6.61 Å². The number of halogens is 1. The lowest BCUT2D eigenvalue weighted by atomic mass is 10.2. The number of aryl methyl sites for hydroxylation is 1. The second-order valence-electron chi connectivity index (χ2n) is 4.63. The maximum Gasteiger partial charge on any atom is 0.128 e. The van der Waals surface area contributed by atoms with Gasteiger partial charge in [0.05, 0.1) is 5.69 Å². The van der Waals surface area contributed by atoms with Gasteiger partial charge in [0.25, 0.3) is 0 Å². The van der Waals surface area contributed by atoms with Gasteiger partial charge < -0.3 is 9.72 Å². The molecule has 96 valence electrons. The predicted octanol–water partition coefficient (Wildman–Crippen LogP) is 4.71. The lowest BCUT2D eigenvalue weighted by molar-refractivity contribution is 0.302. The monoisotopic (exact) mass is 271 g/mol.